The summed E-state index contributed by atoms with van der Waals surface area (Å²) in [6.07, 6.45) is 0.669. The monoisotopic (exact) mass is 453 g/mol. The van der Waals surface area contributed by atoms with Crippen molar-refractivity contribution in [1.82, 2.24) is 4.90 Å². The van der Waals surface area contributed by atoms with Crippen molar-refractivity contribution in [2.75, 3.05) is 26.4 Å². The SMILES string of the molecule is CCCN1C(=O)C(=O)/C(=C(\O)c2ccc(OCC)cc2OCC)C1c1cccc(OCC)c1. The molecule has 7 heteroatoms. The van der Waals surface area contributed by atoms with Gasteiger partial charge in [-0.05, 0) is 57.0 Å². The number of rotatable bonds is 10. The summed E-state index contributed by atoms with van der Waals surface area (Å²) in [5, 5.41) is 11.4. The number of Topliss-reactive ketones (excluding diaryl/α,β-unsaturated/α-hetero) is 1. The molecule has 1 fully saturated rings. The van der Waals surface area contributed by atoms with Crippen LogP contribution in [0.3, 0.4) is 0 Å². The lowest BCUT2D eigenvalue weighted by Crippen LogP contribution is -2.30. The molecular formula is C26H31NO6. The number of hydrogen-bond donors (Lipinski definition) is 1. The van der Waals surface area contributed by atoms with Gasteiger partial charge in [0.15, 0.2) is 0 Å². The number of aliphatic hydroxyl groups is 1. The number of hydrogen-bond acceptors (Lipinski definition) is 6. The van der Waals surface area contributed by atoms with E-state index in [1.807, 2.05) is 45.9 Å². The van der Waals surface area contributed by atoms with Crippen LogP contribution >= 0.6 is 0 Å². The highest BCUT2D eigenvalue weighted by Gasteiger charge is 2.46. The van der Waals surface area contributed by atoms with Crippen LogP contribution in [-0.4, -0.2) is 48.1 Å². The van der Waals surface area contributed by atoms with Crippen molar-refractivity contribution in [3.8, 4) is 17.2 Å². The fourth-order valence-corrected chi connectivity index (χ4v) is 4.01. The average molecular weight is 454 g/mol. The number of nitrogens with zero attached hydrogens (tertiary/aromatic N) is 1. The lowest BCUT2D eigenvalue weighted by atomic mass is 9.94. The van der Waals surface area contributed by atoms with E-state index in [-0.39, 0.29) is 11.3 Å². The minimum Gasteiger partial charge on any atom is -0.507 e. The van der Waals surface area contributed by atoms with Crippen LogP contribution in [0, 0.1) is 0 Å². The topological polar surface area (TPSA) is 85.3 Å². The molecule has 7 nitrogen and oxygen atoms in total. The summed E-state index contributed by atoms with van der Waals surface area (Å²) in [7, 11) is 0. The van der Waals surface area contributed by atoms with Crippen LogP contribution in [0.25, 0.3) is 5.76 Å². The van der Waals surface area contributed by atoms with Crippen LogP contribution in [0.2, 0.25) is 0 Å². The zero-order chi connectivity index (χ0) is 24.0. The predicted molar refractivity (Wildman–Crippen MR) is 126 cm³/mol. The van der Waals surface area contributed by atoms with Crippen molar-refractivity contribution in [2.24, 2.45) is 0 Å². The van der Waals surface area contributed by atoms with Gasteiger partial charge in [0.25, 0.3) is 11.7 Å². The second-order valence-corrected chi connectivity index (χ2v) is 7.52. The number of ketones is 1. The van der Waals surface area contributed by atoms with Crippen LogP contribution in [0.5, 0.6) is 17.2 Å². The third-order valence-electron chi connectivity index (χ3n) is 5.31. The Bertz CT molecular complexity index is 1040. The Kier molecular flexibility index (Phi) is 7.98. The van der Waals surface area contributed by atoms with Gasteiger partial charge in [0.2, 0.25) is 0 Å². The summed E-state index contributed by atoms with van der Waals surface area (Å²) in [5.74, 6) is -0.0222. The highest BCUT2D eigenvalue weighted by molar-refractivity contribution is 6.46. The van der Waals surface area contributed by atoms with E-state index in [9.17, 15) is 14.7 Å². The van der Waals surface area contributed by atoms with E-state index < -0.39 is 17.7 Å². The minimum absolute atomic E-state index is 0.0345. The molecule has 0 aromatic heterocycles. The molecule has 1 atom stereocenters. The highest BCUT2D eigenvalue weighted by Crippen LogP contribution is 2.42. The zero-order valence-corrected chi connectivity index (χ0v) is 19.6. The van der Waals surface area contributed by atoms with Gasteiger partial charge < -0.3 is 24.2 Å². The van der Waals surface area contributed by atoms with E-state index >= 15 is 0 Å². The third-order valence-corrected chi connectivity index (χ3v) is 5.31. The molecule has 1 heterocycles. The largest absolute Gasteiger partial charge is 0.507 e. The molecule has 1 unspecified atom stereocenters. The molecule has 1 saturated heterocycles. The summed E-state index contributed by atoms with van der Waals surface area (Å²) in [6, 6.07) is 11.6. The molecule has 0 aliphatic carbocycles. The molecule has 33 heavy (non-hydrogen) atoms. The van der Waals surface area contributed by atoms with E-state index in [0.29, 0.717) is 61.2 Å². The first-order valence-corrected chi connectivity index (χ1v) is 11.4. The smallest absolute Gasteiger partial charge is 0.295 e. The molecule has 0 spiro atoms. The number of carbonyl (C=O) groups is 2. The molecule has 3 rings (SSSR count). The highest BCUT2D eigenvalue weighted by atomic mass is 16.5. The summed E-state index contributed by atoms with van der Waals surface area (Å²) < 4.78 is 16.9. The van der Waals surface area contributed by atoms with Crippen LogP contribution in [0.15, 0.2) is 48.0 Å². The van der Waals surface area contributed by atoms with Crippen LogP contribution in [0.1, 0.15) is 51.3 Å². The zero-order valence-electron chi connectivity index (χ0n) is 19.6. The summed E-state index contributed by atoms with van der Waals surface area (Å²) >= 11 is 0. The number of benzene rings is 2. The van der Waals surface area contributed by atoms with Gasteiger partial charge >= 0.3 is 0 Å². The standard InChI is InChI=1S/C26H31NO6/c1-5-14-27-23(17-10-9-11-18(15-17)31-6-2)22(25(29)26(27)30)24(28)20-13-12-19(32-7-3)16-21(20)33-8-4/h9-13,15-16,23,28H,5-8,14H2,1-4H3/b24-22-. The Morgan fingerprint density at radius 3 is 2.21 bits per heavy atom. The summed E-state index contributed by atoms with van der Waals surface area (Å²) in [5.41, 5.74) is 1.06. The summed E-state index contributed by atoms with van der Waals surface area (Å²) in [6.45, 7) is 9.24. The van der Waals surface area contributed by atoms with Gasteiger partial charge in [-0.1, -0.05) is 19.1 Å². The van der Waals surface area contributed by atoms with Crippen LogP contribution in [0.4, 0.5) is 0 Å². The van der Waals surface area contributed by atoms with E-state index in [4.69, 9.17) is 14.2 Å². The maximum atomic E-state index is 13.1. The van der Waals surface area contributed by atoms with Crippen molar-refractivity contribution in [3.63, 3.8) is 0 Å². The lowest BCUT2D eigenvalue weighted by molar-refractivity contribution is -0.139. The van der Waals surface area contributed by atoms with Gasteiger partial charge in [-0.25, -0.2) is 0 Å². The molecule has 0 saturated carbocycles. The quantitative estimate of drug-likeness (QED) is 0.318. The Morgan fingerprint density at radius 2 is 1.58 bits per heavy atom. The second-order valence-electron chi connectivity index (χ2n) is 7.52. The minimum atomic E-state index is -0.730. The predicted octanol–water partition coefficient (Wildman–Crippen LogP) is 4.71. The van der Waals surface area contributed by atoms with Gasteiger partial charge in [0, 0.05) is 12.6 Å². The van der Waals surface area contributed by atoms with Crippen molar-refractivity contribution in [3.05, 3.63) is 59.2 Å². The van der Waals surface area contributed by atoms with E-state index in [2.05, 4.69) is 0 Å². The molecule has 1 aliphatic heterocycles. The van der Waals surface area contributed by atoms with Crippen molar-refractivity contribution in [2.45, 2.75) is 40.2 Å². The van der Waals surface area contributed by atoms with Crippen LogP contribution < -0.4 is 14.2 Å². The first kappa shape index (κ1) is 24.2. The average Bonchev–Trinajstić information content (AvgIpc) is 3.05. The van der Waals surface area contributed by atoms with Crippen LogP contribution in [-0.2, 0) is 9.59 Å². The van der Waals surface area contributed by atoms with Gasteiger partial charge in [0.1, 0.15) is 23.0 Å². The molecule has 1 N–H and O–H groups in total. The second kappa shape index (κ2) is 10.9. The third kappa shape index (κ3) is 4.97. The summed E-state index contributed by atoms with van der Waals surface area (Å²) in [4.78, 5) is 27.6. The Hall–Kier alpha value is -3.48. The Labute approximate surface area is 194 Å². The van der Waals surface area contributed by atoms with E-state index in [1.165, 1.54) is 4.90 Å². The fraction of sp³-hybridized carbons (Fsp3) is 0.385. The van der Waals surface area contributed by atoms with E-state index in [0.717, 1.165) is 0 Å². The molecule has 176 valence electrons. The number of likely N-dealkylation sites (tertiary alicyclic amines) is 1. The van der Waals surface area contributed by atoms with Gasteiger partial charge in [-0.3, -0.25) is 9.59 Å². The lowest BCUT2D eigenvalue weighted by Gasteiger charge is -2.25. The maximum absolute atomic E-state index is 13.1. The molecule has 2 aromatic rings. The number of ether oxygens (including phenoxy) is 3. The first-order valence-electron chi connectivity index (χ1n) is 11.4. The van der Waals surface area contributed by atoms with Gasteiger partial charge in [0.05, 0.1) is 37.0 Å². The van der Waals surface area contributed by atoms with Gasteiger partial charge in [-0.15, -0.1) is 0 Å². The van der Waals surface area contributed by atoms with Crippen molar-refractivity contribution >= 4 is 17.4 Å². The van der Waals surface area contributed by atoms with E-state index in [1.54, 1.807) is 24.3 Å². The number of amides is 1. The Balaban J connectivity index is 2.19. The molecule has 0 radical (unpaired) electrons. The maximum Gasteiger partial charge on any atom is 0.295 e. The molecule has 1 aliphatic rings. The first-order chi connectivity index (χ1) is 16.0. The fourth-order valence-electron chi connectivity index (χ4n) is 4.01. The van der Waals surface area contributed by atoms with Crippen molar-refractivity contribution in [1.29, 1.82) is 0 Å². The van der Waals surface area contributed by atoms with Gasteiger partial charge in [-0.2, -0.15) is 0 Å². The molecule has 2 aromatic carbocycles. The normalized spacial score (nSPS) is 17.3. The number of carbonyl (C=O) groups excluding carboxylic acids is 2. The Morgan fingerprint density at radius 1 is 0.909 bits per heavy atom. The molecule has 1 amide bonds. The number of aliphatic hydroxyl groups excluding tert-OH is 1. The molecule has 0 bridgehead atoms. The molecular weight excluding hydrogens is 422 g/mol. The van der Waals surface area contributed by atoms with Crippen molar-refractivity contribution < 1.29 is 28.9 Å².